The molecule has 0 amide bonds. The second kappa shape index (κ2) is 7.65. The molecule has 0 aliphatic heterocycles. The summed E-state index contributed by atoms with van der Waals surface area (Å²) in [6.07, 6.45) is -0.936. The average Bonchev–Trinajstić information content (AvgIpc) is 2.61. The molecule has 0 fully saturated rings. The minimum absolute atomic E-state index is 0.0549. The predicted octanol–water partition coefficient (Wildman–Crippen LogP) is 2.06. The van der Waals surface area contributed by atoms with Crippen LogP contribution in [-0.4, -0.2) is 45.6 Å². The number of methoxy groups -OCH3 is 2. The molecule has 7 heteroatoms. The number of ether oxygens (including phenoxy) is 2. The second-order valence-corrected chi connectivity index (χ2v) is 7.29. The van der Waals surface area contributed by atoms with E-state index in [9.17, 15) is 13.5 Å². The van der Waals surface area contributed by atoms with E-state index < -0.39 is 16.1 Å². The third-order valence-electron chi connectivity index (χ3n) is 3.70. The fraction of sp³-hybridized carbons (Fsp3) is 0.294. The quantitative estimate of drug-likeness (QED) is 0.826. The Morgan fingerprint density at radius 3 is 1.88 bits per heavy atom. The number of hydrogen-bond donors (Lipinski definition) is 1. The van der Waals surface area contributed by atoms with Gasteiger partial charge >= 0.3 is 0 Å². The van der Waals surface area contributed by atoms with Crippen molar-refractivity contribution in [2.45, 2.75) is 11.0 Å². The van der Waals surface area contributed by atoms with Crippen LogP contribution >= 0.6 is 0 Å². The van der Waals surface area contributed by atoms with Crippen LogP contribution in [0.4, 0.5) is 0 Å². The molecule has 0 heterocycles. The van der Waals surface area contributed by atoms with Crippen molar-refractivity contribution in [3.8, 4) is 11.5 Å². The molecular weight excluding hydrogens is 330 g/mol. The molecule has 0 saturated heterocycles. The molecule has 1 N–H and O–H groups in total. The fourth-order valence-corrected chi connectivity index (χ4v) is 3.38. The molecule has 130 valence electrons. The van der Waals surface area contributed by atoms with E-state index in [4.69, 9.17) is 9.47 Å². The highest BCUT2D eigenvalue weighted by Crippen LogP contribution is 2.22. The summed E-state index contributed by atoms with van der Waals surface area (Å²) in [7, 11) is 0.821. The van der Waals surface area contributed by atoms with E-state index in [1.807, 2.05) is 0 Å². The average molecular weight is 351 g/mol. The number of rotatable bonds is 7. The third-order valence-corrected chi connectivity index (χ3v) is 5.54. The molecule has 24 heavy (non-hydrogen) atoms. The Hall–Kier alpha value is -2.09. The molecule has 0 aromatic heterocycles. The topological polar surface area (TPSA) is 76.1 Å². The van der Waals surface area contributed by atoms with E-state index in [1.165, 1.54) is 26.3 Å². The van der Waals surface area contributed by atoms with Gasteiger partial charge in [0.1, 0.15) is 11.5 Å². The lowest BCUT2D eigenvalue weighted by atomic mass is 10.1. The van der Waals surface area contributed by atoms with Gasteiger partial charge in [0.05, 0.1) is 25.2 Å². The monoisotopic (exact) mass is 351 g/mol. The molecule has 0 radical (unpaired) electrons. The molecule has 6 nitrogen and oxygen atoms in total. The van der Waals surface area contributed by atoms with Crippen molar-refractivity contribution in [2.24, 2.45) is 0 Å². The number of nitrogens with zero attached hydrogens (tertiary/aromatic N) is 1. The first-order valence-corrected chi connectivity index (χ1v) is 8.75. The maximum atomic E-state index is 12.6. The first-order chi connectivity index (χ1) is 11.4. The number of aliphatic hydroxyl groups is 1. The van der Waals surface area contributed by atoms with Crippen LogP contribution in [0, 0.1) is 0 Å². The van der Waals surface area contributed by atoms with Gasteiger partial charge in [-0.1, -0.05) is 12.1 Å². The molecule has 2 rings (SSSR count). The highest BCUT2D eigenvalue weighted by Gasteiger charge is 2.23. The summed E-state index contributed by atoms with van der Waals surface area (Å²) in [5, 5.41) is 10.3. The van der Waals surface area contributed by atoms with Gasteiger partial charge in [0.2, 0.25) is 10.0 Å². The Kier molecular flexibility index (Phi) is 5.82. The Bertz CT molecular complexity index is 757. The fourth-order valence-electron chi connectivity index (χ4n) is 2.20. The van der Waals surface area contributed by atoms with Crippen LogP contribution in [-0.2, 0) is 10.0 Å². The van der Waals surface area contributed by atoms with Crippen LogP contribution in [0.15, 0.2) is 53.4 Å². The Morgan fingerprint density at radius 2 is 1.42 bits per heavy atom. The Balaban J connectivity index is 2.12. The molecule has 1 unspecified atom stereocenters. The van der Waals surface area contributed by atoms with Crippen molar-refractivity contribution in [2.75, 3.05) is 27.8 Å². The van der Waals surface area contributed by atoms with E-state index in [0.29, 0.717) is 17.1 Å². The van der Waals surface area contributed by atoms with Gasteiger partial charge in [0.25, 0.3) is 0 Å². The van der Waals surface area contributed by atoms with Crippen LogP contribution in [0.2, 0.25) is 0 Å². The molecule has 1 atom stereocenters. The molecule has 0 spiro atoms. The number of sulfonamides is 1. The molecule has 2 aromatic carbocycles. The van der Waals surface area contributed by atoms with Crippen molar-refractivity contribution >= 4 is 10.0 Å². The Labute approximate surface area is 142 Å². The van der Waals surface area contributed by atoms with Crippen LogP contribution in [0.1, 0.15) is 11.7 Å². The van der Waals surface area contributed by atoms with Gasteiger partial charge in [0, 0.05) is 13.6 Å². The lowest BCUT2D eigenvalue weighted by Crippen LogP contribution is -2.31. The highest BCUT2D eigenvalue weighted by molar-refractivity contribution is 7.89. The van der Waals surface area contributed by atoms with Crippen molar-refractivity contribution in [1.82, 2.24) is 4.31 Å². The van der Waals surface area contributed by atoms with E-state index in [1.54, 1.807) is 43.5 Å². The molecule has 2 aromatic rings. The molecule has 0 bridgehead atoms. The van der Waals surface area contributed by atoms with Crippen LogP contribution < -0.4 is 9.47 Å². The smallest absolute Gasteiger partial charge is 0.242 e. The highest BCUT2D eigenvalue weighted by atomic mass is 32.2. The largest absolute Gasteiger partial charge is 0.497 e. The van der Waals surface area contributed by atoms with Crippen LogP contribution in [0.3, 0.4) is 0 Å². The van der Waals surface area contributed by atoms with E-state index in [2.05, 4.69) is 0 Å². The maximum absolute atomic E-state index is 12.6. The van der Waals surface area contributed by atoms with E-state index in [0.717, 1.165) is 4.31 Å². The molecule has 0 aliphatic carbocycles. The molecular formula is C17H21NO5S. The Morgan fingerprint density at radius 1 is 0.958 bits per heavy atom. The lowest BCUT2D eigenvalue weighted by Gasteiger charge is -2.21. The number of likely N-dealkylation sites (N-methyl/N-ethyl adjacent to an activating group) is 1. The summed E-state index contributed by atoms with van der Waals surface area (Å²) in [6.45, 7) is -0.0549. The summed E-state index contributed by atoms with van der Waals surface area (Å²) in [4.78, 5) is 0.146. The number of benzene rings is 2. The zero-order valence-electron chi connectivity index (χ0n) is 13.8. The van der Waals surface area contributed by atoms with Gasteiger partial charge in [-0.25, -0.2) is 8.42 Å². The van der Waals surface area contributed by atoms with Crippen molar-refractivity contribution in [3.05, 3.63) is 54.1 Å². The zero-order valence-corrected chi connectivity index (χ0v) is 14.7. The maximum Gasteiger partial charge on any atom is 0.242 e. The van der Waals surface area contributed by atoms with E-state index >= 15 is 0 Å². The van der Waals surface area contributed by atoms with Gasteiger partial charge in [-0.3, -0.25) is 0 Å². The summed E-state index contributed by atoms with van der Waals surface area (Å²) in [5.41, 5.74) is 0.618. The minimum Gasteiger partial charge on any atom is -0.497 e. The third kappa shape index (κ3) is 4.05. The molecule has 0 aliphatic rings. The standard InChI is InChI=1S/C17H21NO5S/c1-18(12-17(19)13-4-6-14(22-2)7-5-13)24(20,21)16-10-8-15(23-3)9-11-16/h4-11,17,19H,12H2,1-3H3. The normalized spacial score (nSPS) is 12.9. The van der Waals surface area contributed by atoms with Gasteiger partial charge < -0.3 is 14.6 Å². The summed E-state index contributed by atoms with van der Waals surface area (Å²) in [6, 6.07) is 13.0. The second-order valence-electron chi connectivity index (χ2n) is 5.25. The number of hydrogen-bond acceptors (Lipinski definition) is 5. The van der Waals surface area contributed by atoms with Crippen LogP contribution in [0.5, 0.6) is 11.5 Å². The lowest BCUT2D eigenvalue weighted by molar-refractivity contribution is 0.155. The van der Waals surface area contributed by atoms with Crippen molar-refractivity contribution in [3.63, 3.8) is 0 Å². The SMILES string of the molecule is COc1ccc(C(O)CN(C)S(=O)(=O)c2ccc(OC)cc2)cc1. The zero-order chi connectivity index (χ0) is 17.7. The summed E-state index contributed by atoms with van der Waals surface area (Å²) in [5.74, 6) is 1.25. The van der Waals surface area contributed by atoms with E-state index in [-0.39, 0.29) is 11.4 Å². The first-order valence-electron chi connectivity index (χ1n) is 7.31. The summed E-state index contributed by atoms with van der Waals surface area (Å²) < 4.78 is 36.3. The van der Waals surface area contributed by atoms with Gasteiger partial charge in [0.15, 0.2) is 0 Å². The first kappa shape index (κ1) is 18.3. The van der Waals surface area contributed by atoms with Crippen molar-refractivity contribution < 1.29 is 23.0 Å². The summed E-state index contributed by atoms with van der Waals surface area (Å²) >= 11 is 0. The van der Waals surface area contributed by atoms with Gasteiger partial charge in [-0.15, -0.1) is 0 Å². The number of aliphatic hydroxyl groups excluding tert-OH is 1. The van der Waals surface area contributed by atoms with Crippen LogP contribution in [0.25, 0.3) is 0 Å². The van der Waals surface area contributed by atoms with Gasteiger partial charge in [-0.05, 0) is 42.0 Å². The minimum atomic E-state index is -3.69. The van der Waals surface area contributed by atoms with Crippen molar-refractivity contribution in [1.29, 1.82) is 0 Å². The predicted molar refractivity (Wildman–Crippen MR) is 90.8 cm³/mol. The van der Waals surface area contributed by atoms with Gasteiger partial charge in [-0.2, -0.15) is 4.31 Å². The molecule has 0 saturated carbocycles.